The van der Waals surface area contributed by atoms with E-state index in [2.05, 4.69) is 4.99 Å². The number of guanidine groups is 1. The van der Waals surface area contributed by atoms with Crippen LogP contribution >= 0.6 is 0 Å². The predicted octanol–water partition coefficient (Wildman–Crippen LogP) is 2.71. The van der Waals surface area contributed by atoms with E-state index in [0.717, 1.165) is 11.3 Å². The van der Waals surface area contributed by atoms with Crippen LogP contribution in [-0.2, 0) is 0 Å². The molecule has 1 heterocycles. The van der Waals surface area contributed by atoms with Gasteiger partial charge in [0.15, 0.2) is 12.0 Å². The Morgan fingerprint density at radius 3 is 2.43 bits per heavy atom. The van der Waals surface area contributed by atoms with Gasteiger partial charge >= 0.3 is 6.18 Å². The molecule has 1 aliphatic heterocycles. The number of nitrogens with zero attached hydrogens (tertiary/aromatic N) is 2. The fourth-order valence-corrected chi connectivity index (χ4v) is 2.37. The van der Waals surface area contributed by atoms with Crippen molar-refractivity contribution in [2.45, 2.75) is 31.6 Å². The summed E-state index contributed by atoms with van der Waals surface area (Å²) in [7, 11) is 1.57. The van der Waals surface area contributed by atoms with Crippen LogP contribution in [0.4, 0.5) is 13.2 Å². The molecule has 4 nitrogen and oxygen atoms in total. The molecule has 0 saturated carbocycles. The highest BCUT2D eigenvalue weighted by Gasteiger charge is 2.42. The van der Waals surface area contributed by atoms with Crippen LogP contribution in [0.2, 0.25) is 0 Å². The van der Waals surface area contributed by atoms with Gasteiger partial charge in [-0.3, -0.25) is 0 Å². The number of aliphatic imine (C=N–C) groups is 1. The third kappa shape index (κ3) is 3.40. The molecule has 1 aromatic rings. The van der Waals surface area contributed by atoms with E-state index in [4.69, 9.17) is 10.5 Å². The first-order valence-corrected chi connectivity index (χ1v) is 6.63. The van der Waals surface area contributed by atoms with Gasteiger partial charge in [0.2, 0.25) is 0 Å². The van der Waals surface area contributed by atoms with Crippen molar-refractivity contribution in [2.75, 3.05) is 13.7 Å². The second-order valence-corrected chi connectivity index (χ2v) is 4.98. The Labute approximate surface area is 121 Å². The number of methoxy groups -OCH3 is 1. The Morgan fingerprint density at radius 1 is 1.33 bits per heavy atom. The molecule has 0 saturated heterocycles. The highest BCUT2D eigenvalue weighted by Crippen LogP contribution is 2.31. The van der Waals surface area contributed by atoms with Crippen molar-refractivity contribution in [2.24, 2.45) is 10.7 Å². The lowest BCUT2D eigenvalue weighted by molar-refractivity contribution is -0.150. The maximum atomic E-state index is 12.7. The monoisotopic (exact) mass is 301 g/mol. The van der Waals surface area contributed by atoms with Crippen molar-refractivity contribution in [3.8, 4) is 5.75 Å². The topological polar surface area (TPSA) is 50.8 Å². The number of hydrogen-bond acceptors (Lipinski definition) is 4. The van der Waals surface area contributed by atoms with Crippen LogP contribution < -0.4 is 10.5 Å². The lowest BCUT2D eigenvalue weighted by atomic mass is 10.0. The largest absolute Gasteiger partial charge is 0.497 e. The zero-order chi connectivity index (χ0) is 15.6. The smallest absolute Gasteiger partial charge is 0.410 e. The van der Waals surface area contributed by atoms with Crippen molar-refractivity contribution >= 4 is 5.96 Å². The summed E-state index contributed by atoms with van der Waals surface area (Å²) < 4.78 is 43.0. The summed E-state index contributed by atoms with van der Waals surface area (Å²) in [5.41, 5.74) is 6.66. The van der Waals surface area contributed by atoms with E-state index < -0.39 is 12.2 Å². The van der Waals surface area contributed by atoms with Crippen LogP contribution in [0.1, 0.15) is 24.9 Å². The Balaban J connectivity index is 2.14. The van der Waals surface area contributed by atoms with E-state index in [1.54, 1.807) is 12.0 Å². The van der Waals surface area contributed by atoms with Gasteiger partial charge in [-0.15, -0.1) is 0 Å². The Kier molecular flexibility index (Phi) is 4.29. The summed E-state index contributed by atoms with van der Waals surface area (Å²) in [5.74, 6) is 0.662. The van der Waals surface area contributed by atoms with E-state index in [1.807, 2.05) is 31.2 Å². The molecule has 21 heavy (non-hydrogen) atoms. The Hall–Kier alpha value is -1.92. The predicted molar refractivity (Wildman–Crippen MR) is 74.2 cm³/mol. The lowest BCUT2D eigenvalue weighted by Crippen LogP contribution is -2.47. The third-order valence-corrected chi connectivity index (χ3v) is 3.67. The lowest BCUT2D eigenvalue weighted by Gasteiger charge is -2.35. The van der Waals surface area contributed by atoms with E-state index in [0.29, 0.717) is 0 Å². The molecule has 0 bridgehead atoms. The number of alkyl halides is 3. The number of hydrogen-bond donors (Lipinski definition) is 1. The molecule has 7 heteroatoms. The van der Waals surface area contributed by atoms with Crippen LogP contribution in [0.15, 0.2) is 29.3 Å². The fourth-order valence-electron chi connectivity index (χ4n) is 2.37. The zero-order valence-corrected chi connectivity index (χ0v) is 11.9. The molecule has 2 rings (SSSR count). The fraction of sp³-hybridized carbons (Fsp3) is 0.500. The Bertz CT molecular complexity index is 513. The van der Waals surface area contributed by atoms with Crippen molar-refractivity contribution in [3.05, 3.63) is 29.8 Å². The van der Waals surface area contributed by atoms with E-state index in [1.165, 1.54) is 0 Å². The molecule has 0 amide bonds. The second kappa shape index (κ2) is 5.83. The molecule has 1 aliphatic rings. The van der Waals surface area contributed by atoms with Crippen LogP contribution in [-0.4, -0.2) is 36.7 Å². The standard InChI is InChI=1S/C14H18F3N3O/c1-9(10-3-5-11(21-2)6-4-10)20-8-7-12(14(15,16)17)19-13(20)18/h3-6,9,12H,7-8H2,1-2H3,(H2,18,19)/t9?,12-/m0/s1. The molecule has 2 N–H and O–H groups in total. The Morgan fingerprint density at radius 2 is 1.95 bits per heavy atom. The minimum Gasteiger partial charge on any atom is -0.497 e. The first-order chi connectivity index (χ1) is 9.82. The van der Waals surface area contributed by atoms with E-state index in [-0.39, 0.29) is 25.0 Å². The minimum atomic E-state index is -4.33. The summed E-state index contributed by atoms with van der Waals surface area (Å²) in [6.07, 6.45) is -4.41. The molecule has 0 aliphatic carbocycles. The molecular weight excluding hydrogens is 283 g/mol. The van der Waals surface area contributed by atoms with Crippen molar-refractivity contribution in [1.29, 1.82) is 0 Å². The van der Waals surface area contributed by atoms with E-state index >= 15 is 0 Å². The zero-order valence-electron chi connectivity index (χ0n) is 11.9. The van der Waals surface area contributed by atoms with Gasteiger partial charge in [0, 0.05) is 6.54 Å². The maximum Gasteiger partial charge on any atom is 0.410 e. The molecule has 0 fully saturated rings. The van der Waals surface area contributed by atoms with Crippen LogP contribution in [0.3, 0.4) is 0 Å². The van der Waals surface area contributed by atoms with Crippen LogP contribution in [0.25, 0.3) is 0 Å². The summed E-state index contributed by atoms with van der Waals surface area (Å²) in [5, 5.41) is 0. The van der Waals surface area contributed by atoms with Gasteiger partial charge in [-0.2, -0.15) is 13.2 Å². The van der Waals surface area contributed by atoms with Gasteiger partial charge in [-0.25, -0.2) is 4.99 Å². The number of halogens is 3. The summed E-state index contributed by atoms with van der Waals surface area (Å²) in [6, 6.07) is 5.51. The molecule has 116 valence electrons. The van der Waals surface area contributed by atoms with Gasteiger partial charge in [0.1, 0.15) is 5.75 Å². The SMILES string of the molecule is COc1ccc(C(C)N2CC[C@@H](C(F)(F)F)N=C2N)cc1. The number of rotatable bonds is 3. The maximum absolute atomic E-state index is 12.7. The van der Waals surface area contributed by atoms with Crippen LogP contribution in [0.5, 0.6) is 5.75 Å². The van der Waals surface area contributed by atoms with Gasteiger partial charge in [0.25, 0.3) is 0 Å². The molecule has 1 aromatic carbocycles. The first kappa shape index (κ1) is 15.5. The van der Waals surface area contributed by atoms with Gasteiger partial charge in [-0.1, -0.05) is 12.1 Å². The molecule has 0 spiro atoms. The highest BCUT2D eigenvalue weighted by molar-refractivity contribution is 5.79. The molecular formula is C14H18F3N3O. The number of benzene rings is 1. The summed E-state index contributed by atoms with van der Waals surface area (Å²) in [6.45, 7) is 2.12. The van der Waals surface area contributed by atoms with Crippen molar-refractivity contribution < 1.29 is 17.9 Å². The molecule has 1 unspecified atom stereocenters. The van der Waals surface area contributed by atoms with Gasteiger partial charge in [-0.05, 0) is 31.0 Å². The summed E-state index contributed by atoms with van der Waals surface area (Å²) >= 11 is 0. The average molecular weight is 301 g/mol. The average Bonchev–Trinajstić information content (AvgIpc) is 2.45. The van der Waals surface area contributed by atoms with Gasteiger partial charge in [0.05, 0.1) is 13.2 Å². The van der Waals surface area contributed by atoms with E-state index in [9.17, 15) is 13.2 Å². The van der Waals surface area contributed by atoms with Crippen molar-refractivity contribution in [1.82, 2.24) is 4.90 Å². The molecule has 0 radical (unpaired) electrons. The first-order valence-electron chi connectivity index (χ1n) is 6.63. The second-order valence-electron chi connectivity index (χ2n) is 4.98. The number of ether oxygens (including phenoxy) is 1. The summed E-state index contributed by atoms with van der Waals surface area (Å²) in [4.78, 5) is 5.27. The minimum absolute atomic E-state index is 0.0631. The molecule has 2 atom stereocenters. The quantitative estimate of drug-likeness (QED) is 0.934. The normalized spacial score (nSPS) is 20.9. The highest BCUT2D eigenvalue weighted by atomic mass is 19.4. The van der Waals surface area contributed by atoms with Gasteiger partial charge < -0.3 is 15.4 Å². The third-order valence-electron chi connectivity index (χ3n) is 3.67. The molecule has 0 aromatic heterocycles. The van der Waals surface area contributed by atoms with Crippen LogP contribution in [0, 0.1) is 0 Å². The number of nitrogens with two attached hydrogens (primary N) is 1. The van der Waals surface area contributed by atoms with Crippen molar-refractivity contribution in [3.63, 3.8) is 0 Å².